The number of hydrogen-bond donors (Lipinski definition) is 1. The van der Waals surface area contributed by atoms with Crippen molar-refractivity contribution in [2.45, 2.75) is 32.6 Å². The number of aromatic nitrogens is 4. The Hall–Kier alpha value is -2.10. The van der Waals surface area contributed by atoms with Crippen LogP contribution < -0.4 is 5.32 Å². The minimum atomic E-state index is -0.228. The highest BCUT2D eigenvalue weighted by atomic mass is 32.1. The number of carbonyl (C=O) groups excluding carboxylic acids is 1. The first kappa shape index (κ1) is 18.0. The van der Waals surface area contributed by atoms with Crippen molar-refractivity contribution in [1.82, 2.24) is 29.8 Å². The molecular formula is C19H24N6O2S. The Labute approximate surface area is 166 Å². The summed E-state index contributed by atoms with van der Waals surface area (Å²) in [7, 11) is 0. The van der Waals surface area contributed by atoms with Crippen molar-refractivity contribution in [2.75, 3.05) is 39.4 Å². The number of ether oxygens (including phenoxy) is 1. The second-order valence-electron chi connectivity index (χ2n) is 7.43. The van der Waals surface area contributed by atoms with Crippen LogP contribution in [0.2, 0.25) is 0 Å². The van der Waals surface area contributed by atoms with E-state index in [1.807, 2.05) is 6.92 Å². The summed E-state index contributed by atoms with van der Waals surface area (Å²) >= 11 is 1.77. The zero-order chi connectivity index (χ0) is 19.1. The normalized spacial score (nSPS) is 17.9. The molecule has 28 heavy (non-hydrogen) atoms. The van der Waals surface area contributed by atoms with Crippen LogP contribution in [-0.4, -0.2) is 69.8 Å². The second-order valence-corrected chi connectivity index (χ2v) is 8.51. The molecule has 0 spiro atoms. The van der Waals surface area contributed by atoms with Crippen molar-refractivity contribution >= 4 is 33.1 Å². The summed E-state index contributed by atoms with van der Waals surface area (Å²) in [6.07, 6.45) is 4.61. The van der Waals surface area contributed by atoms with E-state index < -0.39 is 0 Å². The van der Waals surface area contributed by atoms with Crippen LogP contribution in [0.3, 0.4) is 0 Å². The molecule has 3 aromatic heterocycles. The van der Waals surface area contributed by atoms with Crippen LogP contribution in [0.15, 0.2) is 0 Å². The van der Waals surface area contributed by atoms with E-state index in [0.29, 0.717) is 6.54 Å². The van der Waals surface area contributed by atoms with Gasteiger partial charge in [-0.05, 0) is 38.2 Å². The molecule has 0 radical (unpaired) electrons. The molecule has 3 aromatic rings. The minimum absolute atomic E-state index is 0.218. The standard InChI is InChI=1S/C19H24N6O2S/c1-12-21-19-15(13-4-2-3-5-14(13)28-19)17-22-16(23-25(12)17)18(26)20-6-7-24-8-10-27-11-9-24/h2-11H2,1H3,(H,20,26). The highest BCUT2D eigenvalue weighted by Gasteiger charge is 2.23. The highest BCUT2D eigenvalue weighted by molar-refractivity contribution is 7.19. The first-order chi connectivity index (χ1) is 13.7. The van der Waals surface area contributed by atoms with E-state index in [1.165, 1.54) is 23.3 Å². The fourth-order valence-electron chi connectivity index (χ4n) is 4.08. The molecule has 5 rings (SSSR count). The number of rotatable bonds is 4. The van der Waals surface area contributed by atoms with E-state index in [4.69, 9.17) is 9.72 Å². The molecule has 148 valence electrons. The van der Waals surface area contributed by atoms with E-state index in [2.05, 4.69) is 20.3 Å². The summed E-state index contributed by atoms with van der Waals surface area (Å²) in [6, 6.07) is 0. The van der Waals surface area contributed by atoms with Gasteiger partial charge >= 0.3 is 0 Å². The van der Waals surface area contributed by atoms with Crippen molar-refractivity contribution in [3.05, 3.63) is 22.1 Å². The van der Waals surface area contributed by atoms with Crippen LogP contribution >= 0.6 is 11.3 Å². The summed E-state index contributed by atoms with van der Waals surface area (Å²) < 4.78 is 7.08. The van der Waals surface area contributed by atoms with E-state index in [9.17, 15) is 4.79 Å². The Kier molecular flexibility index (Phi) is 4.73. The quantitative estimate of drug-likeness (QED) is 0.716. The van der Waals surface area contributed by atoms with Gasteiger partial charge in [0, 0.05) is 31.1 Å². The molecule has 1 fully saturated rings. The predicted molar refractivity (Wildman–Crippen MR) is 107 cm³/mol. The van der Waals surface area contributed by atoms with Crippen molar-refractivity contribution < 1.29 is 9.53 Å². The number of thiophene rings is 1. The van der Waals surface area contributed by atoms with E-state index >= 15 is 0 Å². The zero-order valence-electron chi connectivity index (χ0n) is 16.0. The van der Waals surface area contributed by atoms with Gasteiger partial charge in [0.15, 0.2) is 5.65 Å². The third-order valence-electron chi connectivity index (χ3n) is 5.57. The van der Waals surface area contributed by atoms with Crippen molar-refractivity contribution in [3.63, 3.8) is 0 Å². The number of amides is 1. The first-order valence-corrected chi connectivity index (χ1v) is 10.8. The zero-order valence-corrected chi connectivity index (χ0v) is 16.8. The number of aryl methyl sites for hydroxylation is 3. The largest absolute Gasteiger partial charge is 0.379 e. The molecule has 9 heteroatoms. The number of morpholine rings is 1. The molecule has 8 nitrogen and oxygen atoms in total. The van der Waals surface area contributed by atoms with Crippen molar-refractivity contribution in [1.29, 1.82) is 0 Å². The van der Waals surface area contributed by atoms with Crippen LogP contribution in [0.5, 0.6) is 0 Å². The SMILES string of the molecule is Cc1nc2sc3c(c2c2nc(C(=O)NCCN4CCOCC4)nn12)CCCC3. The van der Waals surface area contributed by atoms with Gasteiger partial charge < -0.3 is 10.1 Å². The Balaban J connectivity index is 1.40. The average molecular weight is 401 g/mol. The number of fused-ring (bicyclic) bond motifs is 5. The molecule has 0 aromatic carbocycles. The summed E-state index contributed by atoms with van der Waals surface area (Å²) in [5.41, 5.74) is 2.12. The lowest BCUT2D eigenvalue weighted by atomic mass is 9.97. The number of carbonyl (C=O) groups is 1. The molecule has 1 amide bonds. The van der Waals surface area contributed by atoms with Gasteiger partial charge in [0.2, 0.25) is 5.82 Å². The van der Waals surface area contributed by atoms with Crippen LogP contribution in [0.1, 0.15) is 39.7 Å². The summed E-state index contributed by atoms with van der Waals surface area (Å²) in [6.45, 7) is 6.65. The van der Waals surface area contributed by atoms with Crippen LogP contribution in [0.25, 0.3) is 15.9 Å². The van der Waals surface area contributed by atoms with Gasteiger partial charge in [-0.1, -0.05) is 0 Å². The monoisotopic (exact) mass is 400 g/mol. The van der Waals surface area contributed by atoms with Crippen molar-refractivity contribution in [2.24, 2.45) is 0 Å². The molecule has 1 aliphatic carbocycles. The van der Waals surface area contributed by atoms with E-state index in [1.54, 1.807) is 15.9 Å². The first-order valence-electron chi connectivity index (χ1n) is 9.96. The van der Waals surface area contributed by atoms with Gasteiger partial charge in [-0.3, -0.25) is 9.69 Å². The molecule has 4 heterocycles. The van der Waals surface area contributed by atoms with Crippen LogP contribution in [0, 0.1) is 6.92 Å². The Morgan fingerprint density at radius 1 is 1.21 bits per heavy atom. The topological polar surface area (TPSA) is 84.7 Å². The predicted octanol–water partition coefficient (Wildman–Crippen LogP) is 1.59. The molecule has 1 N–H and O–H groups in total. The fourth-order valence-corrected chi connectivity index (χ4v) is 5.38. The summed E-state index contributed by atoms with van der Waals surface area (Å²) in [5.74, 6) is 0.754. The van der Waals surface area contributed by atoms with Gasteiger partial charge in [-0.2, -0.15) is 4.52 Å². The summed E-state index contributed by atoms with van der Waals surface area (Å²) in [4.78, 5) is 26.7. The van der Waals surface area contributed by atoms with Gasteiger partial charge in [0.1, 0.15) is 10.7 Å². The maximum Gasteiger partial charge on any atom is 0.291 e. The summed E-state index contributed by atoms with van der Waals surface area (Å²) in [5, 5.41) is 8.50. The number of hydrogen-bond acceptors (Lipinski definition) is 7. The lowest BCUT2D eigenvalue weighted by molar-refractivity contribution is 0.0383. The number of nitrogens with zero attached hydrogens (tertiary/aromatic N) is 5. The molecule has 0 saturated carbocycles. The highest BCUT2D eigenvalue weighted by Crippen LogP contribution is 2.37. The third kappa shape index (κ3) is 3.17. The van der Waals surface area contributed by atoms with E-state index in [-0.39, 0.29) is 11.7 Å². The smallest absolute Gasteiger partial charge is 0.291 e. The maximum atomic E-state index is 12.6. The lowest BCUT2D eigenvalue weighted by Crippen LogP contribution is -2.41. The third-order valence-corrected chi connectivity index (χ3v) is 6.76. The molecule has 0 unspecified atom stereocenters. The van der Waals surface area contributed by atoms with Crippen LogP contribution in [-0.2, 0) is 17.6 Å². The average Bonchev–Trinajstić information content (AvgIpc) is 3.30. The Morgan fingerprint density at radius 2 is 2.04 bits per heavy atom. The number of nitrogens with one attached hydrogen (secondary N) is 1. The molecule has 0 atom stereocenters. The Bertz CT molecular complexity index is 1040. The Morgan fingerprint density at radius 3 is 2.89 bits per heavy atom. The lowest BCUT2D eigenvalue weighted by Gasteiger charge is -2.26. The van der Waals surface area contributed by atoms with E-state index in [0.717, 1.165) is 67.4 Å². The van der Waals surface area contributed by atoms with Gasteiger partial charge in [-0.15, -0.1) is 16.4 Å². The molecule has 2 aliphatic rings. The fraction of sp³-hybridized carbons (Fsp3) is 0.579. The minimum Gasteiger partial charge on any atom is -0.379 e. The molecule has 1 saturated heterocycles. The molecule has 1 aliphatic heterocycles. The van der Waals surface area contributed by atoms with Crippen LogP contribution in [0.4, 0.5) is 0 Å². The van der Waals surface area contributed by atoms with Gasteiger partial charge in [0.25, 0.3) is 5.91 Å². The second kappa shape index (κ2) is 7.38. The molecular weight excluding hydrogens is 376 g/mol. The maximum absolute atomic E-state index is 12.6. The molecule has 0 bridgehead atoms. The van der Waals surface area contributed by atoms with Gasteiger partial charge in [0.05, 0.1) is 18.6 Å². The van der Waals surface area contributed by atoms with Gasteiger partial charge in [-0.25, -0.2) is 9.97 Å². The van der Waals surface area contributed by atoms with Crippen molar-refractivity contribution in [3.8, 4) is 0 Å².